The molecule has 0 unspecified atom stereocenters. The Morgan fingerprint density at radius 1 is 1.29 bits per heavy atom. The highest BCUT2D eigenvalue weighted by atomic mass is 79.9. The van der Waals surface area contributed by atoms with Crippen LogP contribution in [0.1, 0.15) is 5.56 Å². The molecular formula is C11H13BrF3NO. The van der Waals surface area contributed by atoms with Gasteiger partial charge in [-0.2, -0.15) is 13.2 Å². The zero-order valence-corrected chi connectivity index (χ0v) is 10.6. The predicted octanol–water partition coefficient (Wildman–Crippen LogP) is 2.81. The number of halogens is 4. The Morgan fingerprint density at radius 3 is 2.53 bits per heavy atom. The van der Waals surface area contributed by atoms with Crippen molar-refractivity contribution in [2.45, 2.75) is 12.7 Å². The van der Waals surface area contributed by atoms with Crippen LogP contribution >= 0.6 is 15.9 Å². The second-order valence-electron chi connectivity index (χ2n) is 3.68. The van der Waals surface area contributed by atoms with E-state index in [2.05, 4.69) is 15.9 Å². The van der Waals surface area contributed by atoms with E-state index in [1.54, 1.807) is 18.2 Å². The van der Waals surface area contributed by atoms with Crippen molar-refractivity contribution in [3.8, 4) is 0 Å². The maximum absolute atomic E-state index is 12.3. The molecule has 0 spiro atoms. The molecule has 2 nitrogen and oxygen atoms in total. The normalized spacial score (nSPS) is 12.1. The van der Waals surface area contributed by atoms with E-state index in [1.807, 2.05) is 6.07 Å². The summed E-state index contributed by atoms with van der Waals surface area (Å²) in [7, 11) is 0. The van der Waals surface area contributed by atoms with Crippen molar-refractivity contribution in [3.05, 3.63) is 34.3 Å². The molecule has 0 atom stereocenters. The fourth-order valence-electron chi connectivity index (χ4n) is 1.50. The summed E-state index contributed by atoms with van der Waals surface area (Å²) in [4.78, 5) is 1.17. The number of alkyl halides is 3. The van der Waals surface area contributed by atoms with E-state index >= 15 is 0 Å². The molecule has 0 aliphatic carbocycles. The molecule has 6 heteroatoms. The highest BCUT2D eigenvalue weighted by Crippen LogP contribution is 2.19. The molecule has 0 amide bonds. The maximum Gasteiger partial charge on any atom is 0.401 e. The van der Waals surface area contributed by atoms with Crippen LogP contribution in [0.5, 0.6) is 0 Å². The van der Waals surface area contributed by atoms with Crippen molar-refractivity contribution in [2.75, 3.05) is 19.7 Å². The first-order valence-corrected chi connectivity index (χ1v) is 5.84. The van der Waals surface area contributed by atoms with Crippen molar-refractivity contribution in [1.29, 1.82) is 0 Å². The zero-order chi connectivity index (χ0) is 12.9. The first-order valence-electron chi connectivity index (χ1n) is 5.05. The lowest BCUT2D eigenvalue weighted by Gasteiger charge is -2.22. The Balaban J connectivity index is 2.66. The second-order valence-corrected chi connectivity index (χ2v) is 4.60. The fraction of sp³-hybridized carbons (Fsp3) is 0.455. The smallest absolute Gasteiger partial charge is 0.395 e. The van der Waals surface area contributed by atoms with Crippen LogP contribution in [0, 0.1) is 0 Å². The first-order chi connectivity index (χ1) is 7.90. The van der Waals surface area contributed by atoms with Crippen LogP contribution in [0.15, 0.2) is 28.7 Å². The molecule has 0 radical (unpaired) electrons. The SMILES string of the molecule is OCCN(Cc1cccc(Br)c1)CC(F)(F)F. The maximum atomic E-state index is 12.3. The lowest BCUT2D eigenvalue weighted by atomic mass is 10.2. The van der Waals surface area contributed by atoms with Gasteiger partial charge in [-0.1, -0.05) is 28.1 Å². The van der Waals surface area contributed by atoms with Gasteiger partial charge in [0, 0.05) is 17.6 Å². The van der Waals surface area contributed by atoms with E-state index in [9.17, 15) is 13.2 Å². The van der Waals surface area contributed by atoms with Crippen LogP contribution in [-0.4, -0.2) is 35.9 Å². The van der Waals surface area contributed by atoms with Gasteiger partial charge in [-0.3, -0.25) is 4.90 Å². The summed E-state index contributed by atoms with van der Waals surface area (Å²) in [5, 5.41) is 8.75. The average molecular weight is 312 g/mol. The van der Waals surface area contributed by atoms with Crippen LogP contribution < -0.4 is 0 Å². The molecule has 1 aromatic carbocycles. The number of aliphatic hydroxyl groups is 1. The number of hydrogen-bond donors (Lipinski definition) is 1. The molecule has 1 aromatic rings. The second kappa shape index (κ2) is 6.37. The topological polar surface area (TPSA) is 23.5 Å². The highest BCUT2D eigenvalue weighted by Gasteiger charge is 2.30. The van der Waals surface area contributed by atoms with Crippen LogP contribution in [-0.2, 0) is 6.54 Å². The highest BCUT2D eigenvalue weighted by molar-refractivity contribution is 9.10. The summed E-state index contributed by atoms with van der Waals surface area (Å²) in [6.45, 7) is -1.13. The predicted molar refractivity (Wildman–Crippen MR) is 62.6 cm³/mol. The molecule has 0 aromatic heterocycles. The monoisotopic (exact) mass is 311 g/mol. The van der Waals surface area contributed by atoms with Gasteiger partial charge < -0.3 is 5.11 Å². The van der Waals surface area contributed by atoms with Gasteiger partial charge in [0.05, 0.1) is 13.2 Å². The third kappa shape index (κ3) is 6.05. The van der Waals surface area contributed by atoms with E-state index in [-0.39, 0.29) is 19.7 Å². The minimum Gasteiger partial charge on any atom is -0.395 e. The van der Waals surface area contributed by atoms with Gasteiger partial charge in [-0.05, 0) is 17.7 Å². The number of hydrogen-bond acceptors (Lipinski definition) is 2. The van der Waals surface area contributed by atoms with E-state index in [1.165, 1.54) is 4.90 Å². The Bertz CT molecular complexity index is 357. The third-order valence-corrected chi connectivity index (χ3v) is 2.61. The number of rotatable bonds is 5. The van der Waals surface area contributed by atoms with E-state index in [0.29, 0.717) is 0 Å². The Hall–Kier alpha value is -0.590. The van der Waals surface area contributed by atoms with E-state index in [4.69, 9.17) is 5.11 Å². The van der Waals surface area contributed by atoms with Crippen molar-refractivity contribution in [1.82, 2.24) is 4.90 Å². The lowest BCUT2D eigenvalue weighted by Crippen LogP contribution is -2.35. The van der Waals surface area contributed by atoms with Crippen molar-refractivity contribution in [3.63, 3.8) is 0 Å². The molecule has 17 heavy (non-hydrogen) atoms. The van der Waals surface area contributed by atoms with Gasteiger partial charge in [-0.25, -0.2) is 0 Å². The lowest BCUT2D eigenvalue weighted by molar-refractivity contribution is -0.147. The fourth-order valence-corrected chi connectivity index (χ4v) is 1.95. The summed E-state index contributed by atoms with van der Waals surface area (Å²) in [5.74, 6) is 0. The minimum absolute atomic E-state index is 0.00598. The summed E-state index contributed by atoms with van der Waals surface area (Å²) < 4.78 is 37.7. The summed E-state index contributed by atoms with van der Waals surface area (Å²) in [6, 6.07) is 7.10. The number of benzene rings is 1. The summed E-state index contributed by atoms with van der Waals surface area (Å²) >= 11 is 3.26. The van der Waals surface area contributed by atoms with Gasteiger partial charge >= 0.3 is 6.18 Å². The zero-order valence-electron chi connectivity index (χ0n) is 9.04. The molecule has 0 heterocycles. The molecular weight excluding hydrogens is 299 g/mol. The minimum atomic E-state index is -4.25. The Morgan fingerprint density at radius 2 is 2.00 bits per heavy atom. The van der Waals surface area contributed by atoms with Gasteiger partial charge in [-0.15, -0.1) is 0 Å². The van der Waals surface area contributed by atoms with Crippen molar-refractivity contribution >= 4 is 15.9 Å². The van der Waals surface area contributed by atoms with Crippen molar-refractivity contribution < 1.29 is 18.3 Å². The van der Waals surface area contributed by atoms with Crippen LogP contribution in [0.25, 0.3) is 0 Å². The average Bonchev–Trinajstić information content (AvgIpc) is 2.15. The quantitative estimate of drug-likeness (QED) is 0.904. The Kier molecular flexibility index (Phi) is 5.42. The molecule has 96 valence electrons. The molecule has 1 rings (SSSR count). The van der Waals surface area contributed by atoms with Gasteiger partial charge in [0.1, 0.15) is 0 Å². The molecule has 0 bridgehead atoms. The standard InChI is InChI=1S/C11H13BrF3NO/c12-10-3-1-2-9(6-10)7-16(4-5-17)8-11(13,14)15/h1-3,6,17H,4-5,7-8H2. The molecule has 0 aliphatic heterocycles. The van der Waals surface area contributed by atoms with Crippen LogP contribution in [0.3, 0.4) is 0 Å². The van der Waals surface area contributed by atoms with Crippen LogP contribution in [0.2, 0.25) is 0 Å². The molecule has 0 saturated heterocycles. The number of nitrogens with zero attached hydrogens (tertiary/aromatic N) is 1. The largest absolute Gasteiger partial charge is 0.401 e. The van der Waals surface area contributed by atoms with Gasteiger partial charge in [0.15, 0.2) is 0 Å². The van der Waals surface area contributed by atoms with Gasteiger partial charge in [0.2, 0.25) is 0 Å². The molecule has 1 N–H and O–H groups in total. The Labute approximate surface area is 106 Å². The third-order valence-electron chi connectivity index (χ3n) is 2.11. The van der Waals surface area contributed by atoms with Crippen LogP contribution in [0.4, 0.5) is 13.2 Å². The molecule has 0 saturated carbocycles. The molecule has 0 fully saturated rings. The van der Waals surface area contributed by atoms with E-state index < -0.39 is 12.7 Å². The van der Waals surface area contributed by atoms with E-state index in [0.717, 1.165) is 10.0 Å². The van der Waals surface area contributed by atoms with Crippen molar-refractivity contribution in [2.24, 2.45) is 0 Å². The summed E-state index contributed by atoms with van der Waals surface area (Å²) in [5.41, 5.74) is 0.775. The van der Waals surface area contributed by atoms with Gasteiger partial charge in [0.25, 0.3) is 0 Å². The first kappa shape index (κ1) is 14.5. The number of aliphatic hydroxyl groups excluding tert-OH is 1. The molecule has 0 aliphatic rings. The summed E-state index contributed by atoms with van der Waals surface area (Å²) in [6.07, 6.45) is -4.25.